The number of aromatic nitrogens is 1. The molecule has 1 N–H and O–H groups in total. The summed E-state index contributed by atoms with van der Waals surface area (Å²) in [5, 5.41) is 12.2. The van der Waals surface area contributed by atoms with E-state index >= 15 is 0 Å². The maximum absolute atomic E-state index is 12.4. The monoisotopic (exact) mass is 280 g/mol. The van der Waals surface area contributed by atoms with E-state index in [1.54, 1.807) is 22.4 Å². The molecule has 1 saturated heterocycles. The number of rotatable bonds is 3. The highest BCUT2D eigenvalue weighted by Gasteiger charge is 2.58. The van der Waals surface area contributed by atoms with Crippen molar-refractivity contribution in [2.24, 2.45) is 5.41 Å². The minimum atomic E-state index is -1.11. The summed E-state index contributed by atoms with van der Waals surface area (Å²) in [4.78, 5) is 29.6. The zero-order chi connectivity index (χ0) is 13.5. The van der Waals surface area contributed by atoms with E-state index in [2.05, 4.69) is 4.98 Å². The fourth-order valence-corrected chi connectivity index (χ4v) is 3.51. The van der Waals surface area contributed by atoms with Crippen LogP contribution in [0.1, 0.15) is 36.6 Å². The van der Waals surface area contributed by atoms with E-state index in [0.717, 1.165) is 17.8 Å². The topological polar surface area (TPSA) is 70.5 Å². The summed E-state index contributed by atoms with van der Waals surface area (Å²) in [5.41, 5.74) is -1.11. The summed E-state index contributed by atoms with van der Waals surface area (Å²) in [6.07, 6.45) is 4.70. The number of hydrogen-bond donors (Lipinski definition) is 1. The minimum absolute atomic E-state index is 0.193. The van der Waals surface area contributed by atoms with Crippen LogP contribution in [-0.4, -0.2) is 40.0 Å². The first-order chi connectivity index (χ1) is 9.13. The third-order valence-corrected chi connectivity index (χ3v) is 5.02. The number of hydrogen-bond acceptors (Lipinski definition) is 4. The summed E-state index contributed by atoms with van der Waals surface area (Å²) in [5.74, 6) is -0.891. The average molecular weight is 280 g/mol. The van der Waals surface area contributed by atoms with Gasteiger partial charge in [0.05, 0.1) is 5.01 Å². The van der Waals surface area contributed by atoms with E-state index in [1.165, 1.54) is 0 Å². The molecular formula is C13H16N2O3S. The van der Waals surface area contributed by atoms with Crippen LogP contribution in [0.3, 0.4) is 0 Å². The van der Waals surface area contributed by atoms with Crippen LogP contribution >= 0.6 is 11.3 Å². The number of thiazole rings is 1. The van der Waals surface area contributed by atoms with Crippen LogP contribution in [0.25, 0.3) is 0 Å². The number of aliphatic carboxylic acids is 1. The number of carboxylic acid groups (broad SMARTS) is 1. The summed E-state index contributed by atoms with van der Waals surface area (Å²) in [7, 11) is 0. The summed E-state index contributed by atoms with van der Waals surface area (Å²) in [6.45, 7) is 1.29. The van der Waals surface area contributed by atoms with Gasteiger partial charge in [-0.2, -0.15) is 0 Å². The Kier molecular flexibility index (Phi) is 3.05. The largest absolute Gasteiger partial charge is 0.480 e. The van der Waals surface area contributed by atoms with Crippen LogP contribution in [-0.2, 0) is 9.59 Å². The van der Waals surface area contributed by atoms with Gasteiger partial charge in [0.1, 0.15) is 5.41 Å². The maximum atomic E-state index is 12.4. The van der Waals surface area contributed by atoms with Gasteiger partial charge in [-0.1, -0.05) is 0 Å². The third kappa shape index (κ3) is 2.14. The molecule has 3 rings (SSSR count). The Morgan fingerprint density at radius 1 is 1.47 bits per heavy atom. The summed E-state index contributed by atoms with van der Waals surface area (Å²) < 4.78 is 0. The van der Waals surface area contributed by atoms with Crippen molar-refractivity contribution in [3.63, 3.8) is 0 Å². The van der Waals surface area contributed by atoms with Crippen molar-refractivity contribution in [2.45, 2.75) is 31.6 Å². The molecule has 2 heterocycles. The van der Waals surface area contributed by atoms with Crippen molar-refractivity contribution in [1.29, 1.82) is 0 Å². The third-order valence-electron chi connectivity index (χ3n) is 4.08. The number of amides is 1. The van der Waals surface area contributed by atoms with Crippen molar-refractivity contribution >= 4 is 23.2 Å². The quantitative estimate of drug-likeness (QED) is 0.856. The number of likely N-dealkylation sites (tertiary alicyclic amines) is 1. The van der Waals surface area contributed by atoms with Crippen molar-refractivity contribution in [1.82, 2.24) is 9.88 Å². The Morgan fingerprint density at radius 2 is 2.26 bits per heavy atom. The van der Waals surface area contributed by atoms with E-state index in [1.807, 2.05) is 5.38 Å². The van der Waals surface area contributed by atoms with E-state index in [0.29, 0.717) is 25.9 Å². The second kappa shape index (κ2) is 4.59. The summed E-state index contributed by atoms with van der Waals surface area (Å²) in [6, 6.07) is 0. The maximum Gasteiger partial charge on any atom is 0.319 e. The van der Waals surface area contributed by atoms with Gasteiger partial charge in [0.15, 0.2) is 0 Å². The Hall–Kier alpha value is -1.43. The Balaban J connectivity index is 1.72. The molecule has 1 saturated carbocycles. The number of piperidine rings is 1. The van der Waals surface area contributed by atoms with Gasteiger partial charge < -0.3 is 10.0 Å². The van der Waals surface area contributed by atoms with Crippen LogP contribution in [0.5, 0.6) is 0 Å². The molecule has 1 aromatic rings. The van der Waals surface area contributed by atoms with Crippen LogP contribution in [0.15, 0.2) is 11.6 Å². The molecule has 1 aromatic heterocycles. The predicted molar refractivity (Wildman–Crippen MR) is 70.0 cm³/mol. The molecule has 0 bridgehead atoms. The van der Waals surface area contributed by atoms with Crippen molar-refractivity contribution in [2.75, 3.05) is 13.1 Å². The lowest BCUT2D eigenvalue weighted by atomic mass is 9.96. The SMILES string of the molecule is O=C(O)C1(C(=O)N2CCC[C@H](c3nccs3)C2)CC1. The lowest BCUT2D eigenvalue weighted by Crippen LogP contribution is -2.45. The highest BCUT2D eigenvalue weighted by Crippen LogP contribution is 2.48. The second-order valence-corrected chi connectivity index (χ2v) is 6.27. The zero-order valence-corrected chi connectivity index (χ0v) is 11.4. The van der Waals surface area contributed by atoms with Crippen LogP contribution in [0.2, 0.25) is 0 Å². The van der Waals surface area contributed by atoms with Crippen LogP contribution in [0.4, 0.5) is 0 Å². The van der Waals surface area contributed by atoms with Gasteiger partial charge in [0, 0.05) is 30.6 Å². The smallest absolute Gasteiger partial charge is 0.319 e. The molecule has 0 radical (unpaired) electrons. The molecule has 0 unspecified atom stereocenters. The molecule has 0 aromatic carbocycles. The normalized spacial score (nSPS) is 25.1. The van der Waals surface area contributed by atoms with E-state index < -0.39 is 11.4 Å². The lowest BCUT2D eigenvalue weighted by Gasteiger charge is -2.33. The number of nitrogens with zero attached hydrogens (tertiary/aromatic N) is 2. The van der Waals surface area contributed by atoms with Gasteiger partial charge >= 0.3 is 5.97 Å². The molecule has 1 aliphatic heterocycles. The fourth-order valence-electron chi connectivity index (χ4n) is 2.75. The zero-order valence-electron chi connectivity index (χ0n) is 10.5. The van der Waals surface area contributed by atoms with Crippen molar-refractivity contribution < 1.29 is 14.7 Å². The Bertz CT molecular complexity index is 496. The van der Waals surface area contributed by atoms with Gasteiger partial charge in [0.25, 0.3) is 0 Å². The number of carbonyl (C=O) groups excluding carboxylic acids is 1. The van der Waals surface area contributed by atoms with E-state index in [9.17, 15) is 14.7 Å². The molecule has 6 heteroatoms. The van der Waals surface area contributed by atoms with E-state index in [4.69, 9.17) is 0 Å². The average Bonchev–Trinajstić information content (AvgIpc) is 3.06. The molecule has 1 amide bonds. The van der Waals surface area contributed by atoms with Gasteiger partial charge in [0.2, 0.25) is 5.91 Å². The van der Waals surface area contributed by atoms with Gasteiger partial charge in [-0.05, 0) is 25.7 Å². The lowest BCUT2D eigenvalue weighted by molar-refractivity contribution is -0.154. The standard InChI is InChI=1S/C13H16N2O3S/c16-11(13(3-4-13)12(17)18)15-6-1-2-9(8-15)10-14-5-7-19-10/h5,7,9H,1-4,6,8H2,(H,17,18)/t9-/m0/s1. The van der Waals surface area contributed by atoms with Crippen LogP contribution in [0, 0.1) is 5.41 Å². The number of carboxylic acids is 1. The minimum Gasteiger partial charge on any atom is -0.480 e. The molecular weight excluding hydrogens is 264 g/mol. The first kappa shape index (κ1) is 12.6. The second-order valence-electron chi connectivity index (χ2n) is 5.35. The first-order valence-electron chi connectivity index (χ1n) is 6.56. The van der Waals surface area contributed by atoms with Crippen molar-refractivity contribution in [3.8, 4) is 0 Å². The van der Waals surface area contributed by atoms with Gasteiger partial charge in [-0.15, -0.1) is 11.3 Å². The molecule has 102 valence electrons. The number of carbonyl (C=O) groups is 2. The van der Waals surface area contributed by atoms with Gasteiger partial charge in [-0.25, -0.2) is 4.98 Å². The fraction of sp³-hybridized carbons (Fsp3) is 0.615. The van der Waals surface area contributed by atoms with E-state index in [-0.39, 0.29) is 11.8 Å². The molecule has 0 spiro atoms. The molecule has 2 fully saturated rings. The van der Waals surface area contributed by atoms with Crippen LogP contribution < -0.4 is 0 Å². The molecule has 19 heavy (non-hydrogen) atoms. The molecule has 1 aliphatic carbocycles. The molecule has 1 atom stereocenters. The predicted octanol–water partition coefficient (Wildman–Crippen LogP) is 1.71. The highest BCUT2D eigenvalue weighted by atomic mass is 32.1. The molecule has 2 aliphatic rings. The Labute approximate surface area is 115 Å². The van der Waals surface area contributed by atoms with Gasteiger partial charge in [-0.3, -0.25) is 9.59 Å². The summed E-state index contributed by atoms with van der Waals surface area (Å²) >= 11 is 1.61. The Morgan fingerprint density at radius 3 is 2.84 bits per heavy atom. The first-order valence-corrected chi connectivity index (χ1v) is 7.43. The molecule has 5 nitrogen and oxygen atoms in total. The van der Waals surface area contributed by atoms with Crippen molar-refractivity contribution in [3.05, 3.63) is 16.6 Å². The highest BCUT2D eigenvalue weighted by molar-refractivity contribution is 7.09.